The second-order valence-electron chi connectivity index (χ2n) is 8.54. The van der Waals surface area contributed by atoms with Crippen molar-refractivity contribution in [3.8, 4) is 0 Å². The zero-order chi connectivity index (χ0) is 24.4. The van der Waals surface area contributed by atoms with Crippen molar-refractivity contribution >= 4 is 11.9 Å². The lowest BCUT2D eigenvalue weighted by atomic mass is 10.1. The smallest absolute Gasteiger partial charge is 0.307 e. The van der Waals surface area contributed by atoms with Gasteiger partial charge in [-0.1, -0.05) is 94.6 Å². The molecule has 33 heavy (non-hydrogen) atoms. The van der Waals surface area contributed by atoms with E-state index < -0.39 is 12.1 Å². The molecule has 1 unspecified atom stereocenters. The number of carboxylic acids is 1. The Hall–Kier alpha value is -2.10. The van der Waals surface area contributed by atoms with Gasteiger partial charge in [0, 0.05) is 6.42 Å². The Morgan fingerprint density at radius 1 is 0.697 bits per heavy atom. The second kappa shape index (κ2) is 24.5. The van der Waals surface area contributed by atoms with Gasteiger partial charge in [-0.15, -0.1) is 0 Å². The molecular formula is C29H48O4. The van der Waals surface area contributed by atoms with Crippen LogP contribution in [0.2, 0.25) is 0 Å². The van der Waals surface area contributed by atoms with Crippen molar-refractivity contribution in [3.63, 3.8) is 0 Å². The predicted octanol–water partition coefficient (Wildman–Crippen LogP) is 8.49. The van der Waals surface area contributed by atoms with E-state index in [0.717, 1.165) is 57.8 Å². The number of ether oxygens (including phenoxy) is 1. The van der Waals surface area contributed by atoms with E-state index >= 15 is 0 Å². The molecule has 0 bridgehead atoms. The number of hydrogen-bond acceptors (Lipinski definition) is 3. The highest BCUT2D eigenvalue weighted by Crippen LogP contribution is 2.13. The Kier molecular flexibility index (Phi) is 23.0. The van der Waals surface area contributed by atoms with Crippen LogP contribution in [-0.2, 0) is 14.3 Å². The van der Waals surface area contributed by atoms with Gasteiger partial charge in [0.2, 0.25) is 0 Å². The van der Waals surface area contributed by atoms with Crippen molar-refractivity contribution in [2.75, 3.05) is 0 Å². The zero-order valence-electron chi connectivity index (χ0n) is 21.2. The molecule has 4 nitrogen and oxygen atoms in total. The van der Waals surface area contributed by atoms with Gasteiger partial charge < -0.3 is 9.84 Å². The summed E-state index contributed by atoms with van der Waals surface area (Å²) in [5.41, 5.74) is 0. The highest BCUT2D eigenvalue weighted by Gasteiger charge is 2.17. The summed E-state index contributed by atoms with van der Waals surface area (Å²) in [6.07, 6.45) is 31.6. The van der Waals surface area contributed by atoms with E-state index in [-0.39, 0.29) is 12.4 Å². The molecule has 0 rings (SSSR count). The lowest BCUT2D eigenvalue weighted by molar-refractivity contribution is -0.153. The number of rotatable bonds is 22. The molecule has 0 aliphatic rings. The summed E-state index contributed by atoms with van der Waals surface area (Å²) in [5.74, 6) is -1.20. The Labute approximate surface area is 202 Å². The van der Waals surface area contributed by atoms with E-state index in [9.17, 15) is 9.59 Å². The van der Waals surface area contributed by atoms with E-state index in [1.165, 1.54) is 25.7 Å². The lowest BCUT2D eigenvalue weighted by Gasteiger charge is -2.16. The van der Waals surface area contributed by atoms with Gasteiger partial charge in [0.25, 0.3) is 0 Å². The normalized spacial score (nSPS) is 13.0. The predicted molar refractivity (Wildman–Crippen MR) is 139 cm³/mol. The molecule has 0 heterocycles. The molecule has 4 heteroatoms. The van der Waals surface area contributed by atoms with Crippen LogP contribution in [0.4, 0.5) is 0 Å². The fourth-order valence-electron chi connectivity index (χ4n) is 3.37. The summed E-state index contributed by atoms with van der Waals surface area (Å²) < 4.78 is 5.40. The van der Waals surface area contributed by atoms with Crippen LogP contribution in [0.1, 0.15) is 117 Å². The van der Waals surface area contributed by atoms with E-state index in [1.807, 2.05) is 0 Å². The zero-order valence-corrected chi connectivity index (χ0v) is 21.2. The van der Waals surface area contributed by atoms with E-state index in [1.54, 1.807) is 0 Å². The Balaban J connectivity index is 3.81. The van der Waals surface area contributed by atoms with Crippen molar-refractivity contribution < 1.29 is 19.4 Å². The quantitative estimate of drug-likeness (QED) is 0.0999. The van der Waals surface area contributed by atoms with Gasteiger partial charge in [-0.3, -0.25) is 9.59 Å². The number of hydrogen-bond donors (Lipinski definition) is 1. The molecule has 0 spiro atoms. The molecule has 0 aromatic rings. The van der Waals surface area contributed by atoms with Crippen molar-refractivity contribution in [1.29, 1.82) is 0 Å². The highest BCUT2D eigenvalue weighted by atomic mass is 16.5. The van der Waals surface area contributed by atoms with Crippen LogP contribution in [0.5, 0.6) is 0 Å². The summed E-state index contributed by atoms with van der Waals surface area (Å²) in [6.45, 7) is 4.36. The standard InChI is InChI=1S/C29H48O4/c1-3-5-7-9-10-11-12-13-14-15-16-17-18-19-20-21-23-25-29(32)33-27(26-28(30)31)24-22-8-6-4-2/h10-11,13-14,16-17,19-20,27H,3-9,12,15,18,21-26H2,1-2H3,(H,30,31)/b11-10-,14-13-,17-16-,20-19-. The van der Waals surface area contributed by atoms with Crippen molar-refractivity contribution in [2.24, 2.45) is 0 Å². The minimum Gasteiger partial charge on any atom is -0.481 e. The number of carbonyl (C=O) groups is 2. The van der Waals surface area contributed by atoms with Crippen LogP contribution in [0, 0.1) is 0 Å². The summed E-state index contributed by atoms with van der Waals surface area (Å²) in [6, 6.07) is 0. The molecule has 1 N–H and O–H groups in total. The van der Waals surface area contributed by atoms with Crippen LogP contribution in [0.25, 0.3) is 0 Å². The summed E-state index contributed by atoms with van der Waals surface area (Å²) in [7, 11) is 0. The van der Waals surface area contributed by atoms with Crippen LogP contribution in [-0.4, -0.2) is 23.1 Å². The van der Waals surface area contributed by atoms with Crippen LogP contribution in [0.3, 0.4) is 0 Å². The van der Waals surface area contributed by atoms with Gasteiger partial charge in [-0.25, -0.2) is 0 Å². The minimum atomic E-state index is -0.913. The Morgan fingerprint density at radius 3 is 1.76 bits per heavy atom. The average molecular weight is 461 g/mol. The van der Waals surface area contributed by atoms with Crippen molar-refractivity contribution in [2.45, 2.75) is 123 Å². The SMILES string of the molecule is CCCCC/C=C\C/C=C\C/C=C\C/C=C\CCCC(=O)OC(CCCCCC)CC(=O)O. The molecular weight excluding hydrogens is 412 g/mol. The molecule has 0 radical (unpaired) electrons. The van der Waals surface area contributed by atoms with Gasteiger partial charge in [0.1, 0.15) is 6.10 Å². The largest absolute Gasteiger partial charge is 0.481 e. The number of aliphatic carboxylic acids is 1. The van der Waals surface area contributed by atoms with Gasteiger partial charge in [-0.05, 0) is 57.8 Å². The van der Waals surface area contributed by atoms with Crippen LogP contribution in [0.15, 0.2) is 48.6 Å². The number of carbonyl (C=O) groups excluding carboxylic acids is 1. The summed E-state index contributed by atoms with van der Waals surface area (Å²) >= 11 is 0. The minimum absolute atomic E-state index is 0.102. The van der Waals surface area contributed by atoms with Gasteiger partial charge in [0.05, 0.1) is 6.42 Å². The van der Waals surface area contributed by atoms with Crippen LogP contribution < -0.4 is 0 Å². The first-order chi connectivity index (χ1) is 16.1. The fraction of sp³-hybridized carbons (Fsp3) is 0.655. The third-order valence-electron chi connectivity index (χ3n) is 5.29. The van der Waals surface area contributed by atoms with E-state index in [0.29, 0.717) is 12.8 Å². The van der Waals surface area contributed by atoms with Gasteiger partial charge in [-0.2, -0.15) is 0 Å². The maximum absolute atomic E-state index is 12.0. The first kappa shape index (κ1) is 30.9. The van der Waals surface area contributed by atoms with E-state index in [4.69, 9.17) is 9.84 Å². The molecule has 188 valence electrons. The average Bonchev–Trinajstić information content (AvgIpc) is 2.78. The first-order valence-corrected chi connectivity index (χ1v) is 13.1. The Morgan fingerprint density at radius 2 is 1.21 bits per heavy atom. The number of esters is 1. The molecule has 0 aromatic heterocycles. The lowest BCUT2D eigenvalue weighted by Crippen LogP contribution is -2.21. The molecule has 0 amide bonds. The Bertz CT molecular complexity index is 586. The second-order valence-corrected chi connectivity index (χ2v) is 8.54. The third-order valence-corrected chi connectivity index (χ3v) is 5.29. The molecule has 1 atom stereocenters. The fourth-order valence-corrected chi connectivity index (χ4v) is 3.37. The third kappa shape index (κ3) is 24.4. The highest BCUT2D eigenvalue weighted by molar-refractivity contribution is 5.71. The van der Waals surface area contributed by atoms with E-state index in [2.05, 4.69) is 62.5 Å². The maximum atomic E-state index is 12.0. The maximum Gasteiger partial charge on any atom is 0.307 e. The van der Waals surface area contributed by atoms with Gasteiger partial charge in [0.15, 0.2) is 0 Å². The molecule has 0 saturated carbocycles. The van der Waals surface area contributed by atoms with Crippen molar-refractivity contribution in [1.82, 2.24) is 0 Å². The molecule has 0 saturated heterocycles. The molecule has 0 aliphatic carbocycles. The van der Waals surface area contributed by atoms with Crippen LogP contribution >= 0.6 is 0 Å². The first-order valence-electron chi connectivity index (χ1n) is 13.1. The number of allylic oxidation sites excluding steroid dienone is 8. The molecule has 0 aliphatic heterocycles. The molecule has 0 fully saturated rings. The molecule has 0 aromatic carbocycles. The van der Waals surface area contributed by atoms with Crippen molar-refractivity contribution in [3.05, 3.63) is 48.6 Å². The monoisotopic (exact) mass is 460 g/mol. The topological polar surface area (TPSA) is 63.6 Å². The van der Waals surface area contributed by atoms with Gasteiger partial charge >= 0.3 is 11.9 Å². The summed E-state index contributed by atoms with van der Waals surface area (Å²) in [5, 5.41) is 9.02. The number of carboxylic acid groups (broad SMARTS) is 1. The number of unbranched alkanes of at least 4 members (excludes halogenated alkanes) is 7. The summed E-state index contributed by atoms with van der Waals surface area (Å²) in [4.78, 5) is 23.0.